The topological polar surface area (TPSA) is 114 Å². The number of aryl methyl sites for hydroxylation is 1. The van der Waals surface area contributed by atoms with Crippen LogP contribution in [0.1, 0.15) is 34.8 Å². The first-order valence-electron chi connectivity index (χ1n) is 11.6. The van der Waals surface area contributed by atoms with Crippen LogP contribution in [0.2, 0.25) is 0 Å². The van der Waals surface area contributed by atoms with E-state index >= 15 is 0 Å². The van der Waals surface area contributed by atoms with Gasteiger partial charge in [0.2, 0.25) is 17.7 Å². The molecule has 1 heterocycles. The Morgan fingerprint density at radius 3 is 2.61 bits per heavy atom. The number of hydrogen-bond acceptors (Lipinski definition) is 5. The predicted octanol–water partition coefficient (Wildman–Crippen LogP) is 2.94. The molecule has 36 heavy (non-hydrogen) atoms. The Kier molecular flexibility index (Phi) is 8.55. The van der Waals surface area contributed by atoms with Crippen LogP contribution in [0.25, 0.3) is 10.8 Å². The maximum atomic E-state index is 13.8. The molecular weight excluding hydrogens is 480 g/mol. The number of nitrogens with one attached hydrogen (secondary N) is 2. The average Bonchev–Trinajstić information content (AvgIpc) is 3.00. The summed E-state index contributed by atoms with van der Waals surface area (Å²) in [7, 11) is 3.29. The molecule has 3 aromatic rings. The lowest BCUT2D eigenvalue weighted by molar-refractivity contribution is -0.128. The zero-order chi connectivity index (χ0) is 25.1. The molecule has 3 amide bonds. The molecule has 0 bridgehead atoms. The number of carbonyl (C=O) groups excluding carboxylic acids is 3. The Morgan fingerprint density at radius 1 is 1.17 bits per heavy atom. The molecule has 1 aliphatic heterocycles. The quantitative estimate of drug-likeness (QED) is 0.452. The van der Waals surface area contributed by atoms with Gasteiger partial charge in [-0.05, 0) is 67.4 Å². The van der Waals surface area contributed by atoms with Gasteiger partial charge in [0.15, 0.2) is 0 Å². The van der Waals surface area contributed by atoms with Gasteiger partial charge in [0, 0.05) is 16.8 Å². The molecule has 9 heteroatoms. The predicted molar refractivity (Wildman–Crippen MR) is 143 cm³/mol. The van der Waals surface area contributed by atoms with Crippen LogP contribution < -0.4 is 26.0 Å². The number of hydrogen-bond donors (Lipinski definition) is 3. The maximum Gasteiger partial charge on any atom is 0.249 e. The fourth-order valence-electron chi connectivity index (χ4n) is 4.48. The standard InChI is InChI=1S/C27H30N4O4.ClH/c1-16(29-2)26(33)30-22-12-9-17-6-4-5-7-23(17)31(27(22)34)15-21-20-11-8-19(25(28)32)14-18(20)10-13-24(21)35-3;/h4-8,10-11,13-14,16,22,29H,9,12,15H2,1-3H3,(H2,28,32)(H,30,33);1H. The number of halogens is 1. The van der Waals surface area contributed by atoms with Crippen molar-refractivity contribution in [1.29, 1.82) is 0 Å². The molecule has 190 valence electrons. The van der Waals surface area contributed by atoms with E-state index in [9.17, 15) is 14.4 Å². The van der Waals surface area contributed by atoms with Crippen molar-refractivity contribution in [2.75, 3.05) is 19.1 Å². The van der Waals surface area contributed by atoms with E-state index in [0.29, 0.717) is 24.2 Å². The van der Waals surface area contributed by atoms with Gasteiger partial charge in [-0.15, -0.1) is 12.4 Å². The monoisotopic (exact) mass is 510 g/mol. The first-order valence-corrected chi connectivity index (χ1v) is 11.6. The van der Waals surface area contributed by atoms with E-state index in [1.54, 1.807) is 38.1 Å². The molecular formula is C27H31ClN4O4. The number of benzene rings is 3. The number of anilines is 1. The van der Waals surface area contributed by atoms with Crippen LogP contribution in [0, 0.1) is 0 Å². The molecule has 1 aliphatic rings. The van der Waals surface area contributed by atoms with Crippen molar-refractivity contribution in [3.8, 4) is 5.75 Å². The Hall–Kier alpha value is -3.62. The molecule has 0 fully saturated rings. The van der Waals surface area contributed by atoms with Gasteiger partial charge in [0.1, 0.15) is 11.8 Å². The fourth-order valence-corrected chi connectivity index (χ4v) is 4.48. The Labute approximate surface area is 216 Å². The molecule has 0 saturated carbocycles. The van der Waals surface area contributed by atoms with E-state index in [1.807, 2.05) is 42.5 Å². The summed E-state index contributed by atoms with van der Waals surface area (Å²) in [4.78, 5) is 39.8. The molecule has 4 N–H and O–H groups in total. The van der Waals surface area contributed by atoms with E-state index in [1.165, 1.54) is 0 Å². The molecule has 0 radical (unpaired) electrons. The largest absolute Gasteiger partial charge is 0.496 e. The van der Waals surface area contributed by atoms with Crippen molar-refractivity contribution in [3.05, 3.63) is 71.3 Å². The van der Waals surface area contributed by atoms with Gasteiger partial charge in [0.05, 0.1) is 19.7 Å². The SMILES string of the molecule is CNC(C)C(=O)NC1CCc2ccccc2N(Cc2c(OC)ccc3cc(C(N)=O)ccc23)C1=O.Cl. The van der Waals surface area contributed by atoms with Gasteiger partial charge in [-0.3, -0.25) is 14.4 Å². The Balaban J connectivity index is 0.00000361. The van der Waals surface area contributed by atoms with Gasteiger partial charge in [-0.25, -0.2) is 0 Å². The first-order chi connectivity index (χ1) is 16.8. The normalized spacial score (nSPS) is 15.9. The van der Waals surface area contributed by atoms with Crippen LogP contribution in [-0.2, 0) is 22.6 Å². The molecule has 3 aromatic carbocycles. The zero-order valence-electron chi connectivity index (χ0n) is 20.5. The van der Waals surface area contributed by atoms with E-state index in [-0.39, 0.29) is 30.8 Å². The van der Waals surface area contributed by atoms with Crippen LogP contribution >= 0.6 is 12.4 Å². The molecule has 4 rings (SSSR count). The van der Waals surface area contributed by atoms with Crippen molar-refractivity contribution < 1.29 is 19.1 Å². The third-order valence-corrected chi connectivity index (χ3v) is 6.60. The molecule has 8 nitrogen and oxygen atoms in total. The number of rotatable bonds is 7. The van der Waals surface area contributed by atoms with Gasteiger partial charge in [-0.1, -0.05) is 30.3 Å². The zero-order valence-corrected chi connectivity index (χ0v) is 21.4. The lowest BCUT2D eigenvalue weighted by Crippen LogP contribution is -2.52. The second-order valence-electron chi connectivity index (χ2n) is 8.71. The minimum Gasteiger partial charge on any atom is -0.496 e. The maximum absolute atomic E-state index is 13.8. The minimum absolute atomic E-state index is 0. The van der Waals surface area contributed by atoms with Crippen LogP contribution in [0.5, 0.6) is 5.75 Å². The highest BCUT2D eigenvalue weighted by Gasteiger charge is 2.33. The summed E-state index contributed by atoms with van der Waals surface area (Å²) in [6.07, 6.45) is 1.16. The molecule has 2 unspecified atom stereocenters. The molecule has 2 atom stereocenters. The number of ether oxygens (including phenoxy) is 1. The lowest BCUT2D eigenvalue weighted by Gasteiger charge is -2.28. The second kappa shape index (κ2) is 11.4. The third kappa shape index (κ3) is 5.29. The van der Waals surface area contributed by atoms with E-state index in [0.717, 1.165) is 27.6 Å². The molecule has 0 spiro atoms. The number of methoxy groups -OCH3 is 1. The minimum atomic E-state index is -0.659. The number of amides is 3. The lowest BCUT2D eigenvalue weighted by atomic mass is 10.00. The van der Waals surface area contributed by atoms with Crippen LogP contribution in [0.15, 0.2) is 54.6 Å². The molecule has 0 aliphatic carbocycles. The summed E-state index contributed by atoms with van der Waals surface area (Å²) < 4.78 is 5.66. The Bertz CT molecular complexity index is 1300. The summed E-state index contributed by atoms with van der Waals surface area (Å²) in [6, 6.07) is 15.6. The summed E-state index contributed by atoms with van der Waals surface area (Å²) >= 11 is 0. The van der Waals surface area contributed by atoms with E-state index < -0.39 is 18.0 Å². The number of fused-ring (bicyclic) bond motifs is 2. The van der Waals surface area contributed by atoms with Crippen molar-refractivity contribution in [1.82, 2.24) is 10.6 Å². The smallest absolute Gasteiger partial charge is 0.249 e. The average molecular weight is 511 g/mol. The third-order valence-electron chi connectivity index (χ3n) is 6.60. The Morgan fingerprint density at radius 2 is 1.92 bits per heavy atom. The van der Waals surface area contributed by atoms with Crippen molar-refractivity contribution in [3.63, 3.8) is 0 Å². The summed E-state index contributed by atoms with van der Waals surface area (Å²) in [5.74, 6) is -0.281. The van der Waals surface area contributed by atoms with E-state index in [2.05, 4.69) is 10.6 Å². The van der Waals surface area contributed by atoms with Gasteiger partial charge < -0.3 is 26.0 Å². The van der Waals surface area contributed by atoms with Crippen LogP contribution in [0.4, 0.5) is 5.69 Å². The van der Waals surface area contributed by atoms with Gasteiger partial charge in [-0.2, -0.15) is 0 Å². The van der Waals surface area contributed by atoms with Crippen molar-refractivity contribution in [2.45, 2.75) is 38.4 Å². The number of para-hydroxylation sites is 1. The summed E-state index contributed by atoms with van der Waals surface area (Å²) in [5.41, 5.74) is 8.53. The number of carbonyl (C=O) groups is 3. The summed E-state index contributed by atoms with van der Waals surface area (Å²) in [5, 5.41) is 7.51. The summed E-state index contributed by atoms with van der Waals surface area (Å²) in [6.45, 7) is 1.99. The van der Waals surface area contributed by atoms with Crippen molar-refractivity contribution in [2.24, 2.45) is 5.73 Å². The highest BCUT2D eigenvalue weighted by atomic mass is 35.5. The second-order valence-corrected chi connectivity index (χ2v) is 8.71. The van der Waals surface area contributed by atoms with Gasteiger partial charge in [0.25, 0.3) is 0 Å². The number of primary amides is 1. The highest BCUT2D eigenvalue weighted by molar-refractivity contribution is 6.02. The van der Waals surface area contributed by atoms with Crippen LogP contribution in [0.3, 0.4) is 0 Å². The number of nitrogens with two attached hydrogens (primary N) is 1. The fraction of sp³-hybridized carbons (Fsp3) is 0.296. The number of nitrogens with zero attached hydrogens (tertiary/aromatic N) is 1. The van der Waals surface area contributed by atoms with Gasteiger partial charge >= 0.3 is 0 Å². The number of likely N-dealkylation sites (N-methyl/N-ethyl adjacent to an activating group) is 1. The van der Waals surface area contributed by atoms with Crippen molar-refractivity contribution >= 4 is 46.6 Å². The first kappa shape index (κ1) is 27.0. The highest BCUT2D eigenvalue weighted by Crippen LogP contribution is 2.34. The molecule has 0 saturated heterocycles. The van der Waals surface area contributed by atoms with E-state index in [4.69, 9.17) is 10.5 Å². The molecule has 0 aromatic heterocycles. The van der Waals surface area contributed by atoms with Crippen LogP contribution in [-0.4, -0.2) is 44.0 Å².